The van der Waals surface area contributed by atoms with Gasteiger partial charge in [-0.3, -0.25) is 20.6 Å². The second kappa shape index (κ2) is 5.03. The van der Waals surface area contributed by atoms with Gasteiger partial charge in [-0.05, 0) is 19.1 Å². The van der Waals surface area contributed by atoms with Crippen molar-refractivity contribution in [3.8, 4) is 0 Å². The Kier molecular flexibility index (Phi) is 3.46. The molecule has 1 aliphatic heterocycles. The van der Waals surface area contributed by atoms with Crippen LogP contribution in [0.1, 0.15) is 17.3 Å². The van der Waals surface area contributed by atoms with Gasteiger partial charge in [0.15, 0.2) is 5.17 Å². The first-order valence-corrected chi connectivity index (χ1v) is 6.06. The Balaban J connectivity index is 1.87. The summed E-state index contributed by atoms with van der Waals surface area (Å²) in [4.78, 5) is 16.0. The molecule has 0 spiro atoms. The lowest BCUT2D eigenvalue weighted by Gasteiger charge is -2.06. The molecule has 1 aromatic carbocycles. The van der Waals surface area contributed by atoms with Crippen LogP contribution in [-0.4, -0.2) is 22.9 Å². The molecule has 1 unspecified atom stereocenters. The minimum absolute atomic E-state index is 0.150. The summed E-state index contributed by atoms with van der Waals surface area (Å²) in [6.45, 7) is 2.04. The monoisotopic (exact) mass is 235 g/mol. The SMILES string of the molecule is CC1CSC(NNC(=O)c2ccccc2)=N1. The standard InChI is InChI=1S/C11H13N3OS/c1-8-7-16-11(12-8)14-13-10(15)9-5-3-2-4-6-9/h2-6,8H,7H2,1H3,(H,12,14)(H,13,15). The average molecular weight is 235 g/mol. The number of carbonyl (C=O) groups excluding carboxylic acids is 1. The van der Waals surface area contributed by atoms with Crippen LogP contribution in [0, 0.1) is 0 Å². The number of hydrazine groups is 1. The first kappa shape index (κ1) is 11.0. The quantitative estimate of drug-likeness (QED) is 0.724. The van der Waals surface area contributed by atoms with E-state index in [2.05, 4.69) is 15.8 Å². The number of hydrogen-bond donors (Lipinski definition) is 2. The summed E-state index contributed by atoms with van der Waals surface area (Å²) in [5.41, 5.74) is 6.08. The van der Waals surface area contributed by atoms with Crippen LogP contribution < -0.4 is 10.9 Å². The maximum Gasteiger partial charge on any atom is 0.269 e. The third-order valence-electron chi connectivity index (χ3n) is 2.12. The molecule has 1 aliphatic rings. The van der Waals surface area contributed by atoms with E-state index in [1.807, 2.05) is 25.1 Å². The van der Waals surface area contributed by atoms with Crippen LogP contribution in [0.3, 0.4) is 0 Å². The molecule has 84 valence electrons. The highest BCUT2D eigenvalue weighted by Crippen LogP contribution is 2.14. The molecule has 0 saturated carbocycles. The predicted molar refractivity (Wildman–Crippen MR) is 66.4 cm³/mol. The number of thioether (sulfide) groups is 1. The van der Waals surface area contributed by atoms with Crippen molar-refractivity contribution in [2.75, 3.05) is 5.75 Å². The van der Waals surface area contributed by atoms with Crippen molar-refractivity contribution >= 4 is 22.8 Å². The Morgan fingerprint density at radius 2 is 2.19 bits per heavy atom. The molecular formula is C11H13N3OS. The minimum atomic E-state index is -0.150. The zero-order chi connectivity index (χ0) is 11.4. The van der Waals surface area contributed by atoms with Crippen molar-refractivity contribution < 1.29 is 4.79 Å². The molecule has 2 rings (SSSR count). The highest BCUT2D eigenvalue weighted by Gasteiger charge is 2.14. The fourth-order valence-electron chi connectivity index (χ4n) is 1.31. The van der Waals surface area contributed by atoms with Crippen LogP contribution in [0.4, 0.5) is 0 Å². The number of nitrogens with zero attached hydrogens (tertiary/aromatic N) is 1. The van der Waals surface area contributed by atoms with Crippen molar-refractivity contribution in [2.45, 2.75) is 13.0 Å². The predicted octanol–water partition coefficient (Wildman–Crippen LogP) is 1.41. The van der Waals surface area contributed by atoms with Crippen molar-refractivity contribution in [3.63, 3.8) is 0 Å². The number of amidine groups is 1. The van der Waals surface area contributed by atoms with E-state index in [1.54, 1.807) is 23.9 Å². The van der Waals surface area contributed by atoms with E-state index >= 15 is 0 Å². The summed E-state index contributed by atoms with van der Waals surface area (Å²) in [6.07, 6.45) is 0. The van der Waals surface area contributed by atoms with Gasteiger partial charge in [0.25, 0.3) is 5.91 Å². The fourth-order valence-corrected chi connectivity index (χ4v) is 2.17. The van der Waals surface area contributed by atoms with Gasteiger partial charge in [-0.1, -0.05) is 30.0 Å². The van der Waals surface area contributed by atoms with Crippen molar-refractivity contribution in [1.29, 1.82) is 0 Å². The van der Waals surface area contributed by atoms with E-state index in [0.717, 1.165) is 10.9 Å². The molecule has 0 fully saturated rings. The van der Waals surface area contributed by atoms with Gasteiger partial charge in [0.2, 0.25) is 0 Å². The lowest BCUT2D eigenvalue weighted by Crippen LogP contribution is -2.39. The lowest BCUT2D eigenvalue weighted by molar-refractivity contribution is 0.0944. The minimum Gasteiger partial charge on any atom is -0.276 e. The number of aliphatic imine (C=N–C) groups is 1. The molecule has 0 aliphatic carbocycles. The molecule has 0 radical (unpaired) electrons. The number of benzene rings is 1. The normalized spacial score (nSPS) is 19.1. The summed E-state index contributed by atoms with van der Waals surface area (Å²) >= 11 is 1.61. The number of carbonyl (C=O) groups is 1. The summed E-state index contributed by atoms with van der Waals surface area (Å²) in [6, 6.07) is 9.40. The van der Waals surface area contributed by atoms with Gasteiger partial charge in [0, 0.05) is 11.3 Å². The van der Waals surface area contributed by atoms with Gasteiger partial charge in [-0.25, -0.2) is 0 Å². The molecule has 1 atom stereocenters. The van der Waals surface area contributed by atoms with E-state index in [1.165, 1.54) is 0 Å². The zero-order valence-corrected chi connectivity index (χ0v) is 9.75. The zero-order valence-electron chi connectivity index (χ0n) is 8.93. The Hall–Kier alpha value is -1.49. The molecule has 1 heterocycles. The van der Waals surface area contributed by atoms with Crippen LogP contribution in [0.15, 0.2) is 35.3 Å². The second-order valence-electron chi connectivity index (χ2n) is 3.54. The summed E-state index contributed by atoms with van der Waals surface area (Å²) in [5.74, 6) is 0.812. The molecule has 0 saturated heterocycles. The van der Waals surface area contributed by atoms with Crippen molar-refractivity contribution in [3.05, 3.63) is 35.9 Å². The first-order valence-electron chi connectivity index (χ1n) is 5.08. The Labute approximate surface area is 98.5 Å². The molecule has 1 aromatic rings. The van der Waals surface area contributed by atoms with E-state index < -0.39 is 0 Å². The summed E-state index contributed by atoms with van der Waals surface area (Å²) in [5, 5.41) is 0.775. The highest BCUT2D eigenvalue weighted by atomic mass is 32.2. The smallest absolute Gasteiger partial charge is 0.269 e. The van der Waals surface area contributed by atoms with E-state index in [4.69, 9.17) is 0 Å². The van der Waals surface area contributed by atoms with Crippen LogP contribution >= 0.6 is 11.8 Å². The maximum atomic E-state index is 11.6. The largest absolute Gasteiger partial charge is 0.276 e. The highest BCUT2D eigenvalue weighted by molar-refractivity contribution is 8.14. The van der Waals surface area contributed by atoms with Crippen LogP contribution in [-0.2, 0) is 0 Å². The van der Waals surface area contributed by atoms with Crippen LogP contribution in [0.5, 0.6) is 0 Å². The molecule has 0 aromatic heterocycles. The van der Waals surface area contributed by atoms with Crippen LogP contribution in [0.25, 0.3) is 0 Å². The lowest BCUT2D eigenvalue weighted by atomic mass is 10.2. The Morgan fingerprint density at radius 3 is 2.81 bits per heavy atom. The van der Waals surface area contributed by atoms with Gasteiger partial charge in [-0.15, -0.1) is 0 Å². The van der Waals surface area contributed by atoms with Gasteiger partial charge in [-0.2, -0.15) is 0 Å². The van der Waals surface area contributed by atoms with Gasteiger partial charge < -0.3 is 0 Å². The summed E-state index contributed by atoms with van der Waals surface area (Å²) < 4.78 is 0. The molecular weight excluding hydrogens is 222 g/mol. The number of rotatable bonds is 1. The van der Waals surface area contributed by atoms with E-state index in [-0.39, 0.29) is 5.91 Å². The molecule has 4 nitrogen and oxygen atoms in total. The molecule has 0 bridgehead atoms. The average Bonchev–Trinajstić information content (AvgIpc) is 2.73. The third-order valence-corrected chi connectivity index (χ3v) is 3.25. The molecule has 16 heavy (non-hydrogen) atoms. The third kappa shape index (κ3) is 2.76. The maximum absolute atomic E-state index is 11.6. The van der Waals surface area contributed by atoms with Gasteiger partial charge in [0.1, 0.15) is 0 Å². The molecule has 5 heteroatoms. The second-order valence-corrected chi connectivity index (χ2v) is 4.55. The number of nitrogens with one attached hydrogen (secondary N) is 2. The Morgan fingerprint density at radius 1 is 1.44 bits per heavy atom. The fraction of sp³-hybridized carbons (Fsp3) is 0.273. The van der Waals surface area contributed by atoms with Crippen molar-refractivity contribution in [2.24, 2.45) is 4.99 Å². The van der Waals surface area contributed by atoms with E-state index in [0.29, 0.717) is 11.6 Å². The van der Waals surface area contributed by atoms with Crippen LogP contribution in [0.2, 0.25) is 0 Å². The topological polar surface area (TPSA) is 53.5 Å². The number of hydrogen-bond acceptors (Lipinski definition) is 4. The summed E-state index contributed by atoms with van der Waals surface area (Å²) in [7, 11) is 0. The van der Waals surface area contributed by atoms with Gasteiger partial charge in [0.05, 0.1) is 6.04 Å². The van der Waals surface area contributed by atoms with E-state index in [9.17, 15) is 4.79 Å². The number of amides is 1. The molecule has 1 amide bonds. The Bertz CT molecular complexity index is 405. The first-order chi connectivity index (χ1) is 7.75. The van der Waals surface area contributed by atoms with Gasteiger partial charge >= 0.3 is 0 Å². The van der Waals surface area contributed by atoms with Crippen molar-refractivity contribution in [1.82, 2.24) is 10.9 Å². The molecule has 2 N–H and O–H groups in total.